The predicted octanol–water partition coefficient (Wildman–Crippen LogP) is 2.57. The zero-order valence-electron chi connectivity index (χ0n) is 11.8. The maximum Gasteiger partial charge on any atom is 0.317 e. The summed E-state index contributed by atoms with van der Waals surface area (Å²) in [5.41, 5.74) is 0.289. The molecule has 5 nitrogen and oxygen atoms in total. The predicted molar refractivity (Wildman–Crippen MR) is 81.7 cm³/mol. The number of hydrogen-bond acceptors (Lipinski definition) is 3. The van der Waals surface area contributed by atoms with Crippen molar-refractivity contribution < 1.29 is 14.7 Å². The van der Waals surface area contributed by atoms with Gasteiger partial charge in [-0.2, -0.15) is 0 Å². The Bertz CT molecular complexity index is 480. The molecule has 0 aliphatic rings. The molecule has 2 N–H and O–H groups in total. The van der Waals surface area contributed by atoms with Crippen LogP contribution in [-0.2, 0) is 9.59 Å². The molecule has 0 saturated carbocycles. The summed E-state index contributed by atoms with van der Waals surface area (Å²) < 4.78 is 0.928. The molecule has 0 spiro atoms. The number of nitrogens with zero attached hydrogens (tertiary/aromatic N) is 1. The Balaban J connectivity index is 2.66. The summed E-state index contributed by atoms with van der Waals surface area (Å²) in [6, 6.07) is 7.21. The Kier molecular flexibility index (Phi) is 5.71. The van der Waals surface area contributed by atoms with Gasteiger partial charge in [0.25, 0.3) is 0 Å². The minimum Gasteiger partial charge on any atom is -0.480 e. The Morgan fingerprint density at radius 3 is 2.20 bits per heavy atom. The second-order valence-corrected chi connectivity index (χ2v) is 6.39. The van der Waals surface area contributed by atoms with E-state index in [1.165, 1.54) is 0 Å². The van der Waals surface area contributed by atoms with Gasteiger partial charge in [-0.1, -0.05) is 15.9 Å². The number of benzene rings is 1. The van der Waals surface area contributed by atoms with Gasteiger partial charge in [-0.15, -0.1) is 0 Å². The van der Waals surface area contributed by atoms with Crippen LogP contribution in [0.1, 0.15) is 20.8 Å². The van der Waals surface area contributed by atoms with Gasteiger partial charge in [-0.3, -0.25) is 14.5 Å². The molecule has 0 atom stereocenters. The summed E-state index contributed by atoms with van der Waals surface area (Å²) >= 11 is 3.32. The SMILES string of the molecule is CC(C)(C)N(CC(=O)O)CC(=O)Nc1ccc(Br)cc1. The van der Waals surface area contributed by atoms with E-state index in [1.807, 2.05) is 32.9 Å². The van der Waals surface area contributed by atoms with E-state index in [4.69, 9.17) is 5.11 Å². The monoisotopic (exact) mass is 342 g/mol. The van der Waals surface area contributed by atoms with Gasteiger partial charge in [0.05, 0.1) is 13.1 Å². The molecular formula is C14H19BrN2O3. The largest absolute Gasteiger partial charge is 0.480 e. The number of anilines is 1. The highest BCUT2D eigenvalue weighted by molar-refractivity contribution is 9.10. The number of aliphatic carboxylic acids is 1. The van der Waals surface area contributed by atoms with Crippen LogP contribution in [0.3, 0.4) is 0 Å². The van der Waals surface area contributed by atoms with Crippen LogP contribution in [0, 0.1) is 0 Å². The summed E-state index contributed by atoms with van der Waals surface area (Å²) in [5.74, 6) is -1.18. The van der Waals surface area contributed by atoms with Crippen LogP contribution in [-0.4, -0.2) is 40.5 Å². The molecular weight excluding hydrogens is 324 g/mol. The Morgan fingerprint density at radius 2 is 1.75 bits per heavy atom. The molecule has 0 heterocycles. The first kappa shape index (κ1) is 16.7. The third-order valence-corrected chi connectivity index (χ3v) is 3.27. The van der Waals surface area contributed by atoms with Gasteiger partial charge < -0.3 is 10.4 Å². The molecule has 0 aliphatic carbocycles. The minimum absolute atomic E-state index is 0.0336. The van der Waals surface area contributed by atoms with Gasteiger partial charge in [0.2, 0.25) is 5.91 Å². The average Bonchev–Trinajstić information content (AvgIpc) is 2.29. The van der Waals surface area contributed by atoms with Gasteiger partial charge in [0, 0.05) is 15.7 Å². The smallest absolute Gasteiger partial charge is 0.317 e. The average molecular weight is 343 g/mol. The van der Waals surface area contributed by atoms with E-state index in [2.05, 4.69) is 21.2 Å². The van der Waals surface area contributed by atoms with Crippen LogP contribution < -0.4 is 5.32 Å². The van der Waals surface area contributed by atoms with Gasteiger partial charge in [0.15, 0.2) is 0 Å². The van der Waals surface area contributed by atoms with E-state index in [0.29, 0.717) is 5.69 Å². The molecule has 0 radical (unpaired) electrons. The first-order valence-electron chi connectivity index (χ1n) is 6.21. The lowest BCUT2D eigenvalue weighted by molar-refractivity contribution is -0.140. The fourth-order valence-electron chi connectivity index (χ4n) is 1.60. The highest BCUT2D eigenvalue weighted by atomic mass is 79.9. The third kappa shape index (κ3) is 5.71. The summed E-state index contributed by atoms with van der Waals surface area (Å²) in [4.78, 5) is 24.4. The van der Waals surface area contributed by atoms with Gasteiger partial charge in [-0.25, -0.2) is 0 Å². The number of hydrogen-bond donors (Lipinski definition) is 2. The number of carboxylic acid groups (broad SMARTS) is 1. The highest BCUT2D eigenvalue weighted by Crippen LogP contribution is 2.15. The van der Waals surface area contributed by atoms with E-state index in [9.17, 15) is 9.59 Å². The molecule has 0 aliphatic heterocycles. The van der Waals surface area contributed by atoms with Gasteiger partial charge >= 0.3 is 5.97 Å². The summed E-state index contributed by atoms with van der Waals surface area (Å²) in [6.07, 6.45) is 0. The first-order chi connectivity index (χ1) is 9.18. The van der Waals surface area contributed by atoms with E-state index < -0.39 is 11.5 Å². The first-order valence-corrected chi connectivity index (χ1v) is 7.00. The van der Waals surface area contributed by atoms with Crippen molar-refractivity contribution in [3.05, 3.63) is 28.7 Å². The number of carbonyl (C=O) groups excluding carboxylic acids is 1. The van der Waals surface area contributed by atoms with Crippen molar-refractivity contribution in [1.29, 1.82) is 0 Å². The summed E-state index contributed by atoms with van der Waals surface area (Å²) in [5, 5.41) is 11.7. The van der Waals surface area contributed by atoms with Crippen LogP contribution >= 0.6 is 15.9 Å². The molecule has 0 saturated heterocycles. The minimum atomic E-state index is -0.948. The molecule has 1 rings (SSSR count). The van der Waals surface area contributed by atoms with Crippen LogP contribution in [0.25, 0.3) is 0 Å². The van der Waals surface area contributed by atoms with Crippen molar-refractivity contribution in [3.8, 4) is 0 Å². The lowest BCUT2D eigenvalue weighted by atomic mass is 10.1. The van der Waals surface area contributed by atoms with Crippen molar-refractivity contribution in [3.63, 3.8) is 0 Å². The maximum absolute atomic E-state index is 12.0. The highest BCUT2D eigenvalue weighted by Gasteiger charge is 2.25. The molecule has 1 amide bonds. The van der Waals surface area contributed by atoms with Crippen molar-refractivity contribution >= 4 is 33.5 Å². The molecule has 1 aromatic carbocycles. The van der Waals surface area contributed by atoms with Crippen LogP contribution in [0.4, 0.5) is 5.69 Å². The van der Waals surface area contributed by atoms with Gasteiger partial charge in [-0.05, 0) is 45.0 Å². The zero-order chi connectivity index (χ0) is 15.3. The Labute approximate surface area is 127 Å². The lowest BCUT2D eigenvalue weighted by Gasteiger charge is -2.33. The number of halogens is 1. The van der Waals surface area contributed by atoms with Gasteiger partial charge in [0.1, 0.15) is 0 Å². The van der Waals surface area contributed by atoms with Crippen molar-refractivity contribution in [2.75, 3.05) is 18.4 Å². The second-order valence-electron chi connectivity index (χ2n) is 5.48. The fourth-order valence-corrected chi connectivity index (χ4v) is 1.86. The standard InChI is InChI=1S/C14H19BrN2O3/c1-14(2,3)17(9-13(19)20)8-12(18)16-11-6-4-10(15)5-7-11/h4-7H,8-9H2,1-3H3,(H,16,18)(H,19,20). The van der Waals surface area contributed by atoms with Crippen LogP contribution in [0.15, 0.2) is 28.7 Å². The number of nitrogens with one attached hydrogen (secondary N) is 1. The lowest BCUT2D eigenvalue weighted by Crippen LogP contribution is -2.48. The topological polar surface area (TPSA) is 69.6 Å². The molecule has 0 aromatic heterocycles. The summed E-state index contributed by atoms with van der Waals surface area (Å²) in [7, 11) is 0. The number of amides is 1. The zero-order valence-corrected chi connectivity index (χ0v) is 13.4. The van der Waals surface area contributed by atoms with Crippen LogP contribution in [0.5, 0.6) is 0 Å². The molecule has 1 aromatic rings. The second kappa shape index (κ2) is 6.85. The molecule has 0 unspecified atom stereocenters. The Morgan fingerprint density at radius 1 is 1.20 bits per heavy atom. The molecule has 20 heavy (non-hydrogen) atoms. The number of carboxylic acids is 1. The maximum atomic E-state index is 12.0. The molecule has 110 valence electrons. The number of carbonyl (C=O) groups is 2. The quantitative estimate of drug-likeness (QED) is 0.862. The molecule has 0 bridgehead atoms. The fraction of sp³-hybridized carbons (Fsp3) is 0.429. The van der Waals surface area contributed by atoms with Crippen molar-refractivity contribution in [2.45, 2.75) is 26.3 Å². The van der Waals surface area contributed by atoms with E-state index in [-0.39, 0.29) is 19.0 Å². The normalized spacial score (nSPS) is 11.4. The van der Waals surface area contributed by atoms with Crippen LogP contribution in [0.2, 0.25) is 0 Å². The Hall–Kier alpha value is -1.40. The van der Waals surface area contributed by atoms with Crippen molar-refractivity contribution in [1.82, 2.24) is 4.90 Å². The van der Waals surface area contributed by atoms with E-state index in [0.717, 1.165) is 4.47 Å². The molecule has 6 heteroatoms. The molecule has 0 fully saturated rings. The number of rotatable bonds is 5. The third-order valence-electron chi connectivity index (χ3n) is 2.74. The van der Waals surface area contributed by atoms with Crippen molar-refractivity contribution in [2.24, 2.45) is 0 Å². The van der Waals surface area contributed by atoms with E-state index in [1.54, 1.807) is 17.0 Å². The van der Waals surface area contributed by atoms with E-state index >= 15 is 0 Å². The summed E-state index contributed by atoms with van der Waals surface area (Å²) in [6.45, 7) is 5.50.